The molecule has 0 radical (unpaired) electrons. The second kappa shape index (κ2) is 9.23. The molecule has 39 heavy (non-hydrogen) atoms. The zero-order valence-electron chi connectivity index (χ0n) is 21.3. The average molecular weight is 506 g/mol. The smallest absolute Gasteiger partial charge is 0.163 e. The van der Waals surface area contributed by atoms with E-state index in [1.54, 1.807) is 12.3 Å². The van der Waals surface area contributed by atoms with Gasteiger partial charge in [-0.05, 0) is 49.4 Å². The number of fused-ring (bicyclic) bond motifs is 4. The molecule has 5 nitrogen and oxygen atoms in total. The molecule has 0 atom stereocenters. The van der Waals surface area contributed by atoms with Crippen molar-refractivity contribution >= 4 is 38.6 Å². The number of nitrogens with zero attached hydrogens (tertiary/aromatic N) is 3. The molecule has 7 aromatic rings. The first kappa shape index (κ1) is 22.9. The summed E-state index contributed by atoms with van der Waals surface area (Å²) >= 11 is 0. The lowest BCUT2D eigenvalue weighted by molar-refractivity contribution is 0.597. The van der Waals surface area contributed by atoms with Crippen LogP contribution in [0.5, 0.6) is 0 Å². The van der Waals surface area contributed by atoms with Crippen LogP contribution >= 0.6 is 0 Å². The van der Waals surface area contributed by atoms with E-state index in [0.29, 0.717) is 0 Å². The number of hydrogen-bond donors (Lipinski definition) is 0. The summed E-state index contributed by atoms with van der Waals surface area (Å²) in [5.74, 6) is 0.802. The van der Waals surface area contributed by atoms with Gasteiger partial charge in [0.15, 0.2) is 5.58 Å². The third-order valence-corrected chi connectivity index (χ3v) is 7.04. The van der Waals surface area contributed by atoms with Gasteiger partial charge in [-0.25, -0.2) is 0 Å². The molecule has 0 N–H and O–H groups in total. The Morgan fingerprint density at radius 1 is 0.744 bits per heavy atom. The van der Waals surface area contributed by atoms with Crippen molar-refractivity contribution in [2.24, 2.45) is 0 Å². The van der Waals surface area contributed by atoms with Crippen LogP contribution in [0.4, 0.5) is 0 Å². The number of benzene rings is 2. The van der Waals surface area contributed by atoms with Crippen LogP contribution in [0.15, 0.2) is 125 Å². The van der Waals surface area contributed by atoms with E-state index in [1.165, 1.54) is 0 Å². The molecule has 5 heterocycles. The largest absolute Gasteiger partial charge is 0.456 e. The maximum absolute atomic E-state index is 6.21. The van der Waals surface area contributed by atoms with Crippen molar-refractivity contribution in [3.63, 3.8) is 0 Å². The summed E-state index contributed by atoms with van der Waals surface area (Å²) in [5, 5.41) is 2.10. The van der Waals surface area contributed by atoms with E-state index >= 15 is 0 Å². The monoisotopic (exact) mass is 505 g/mol. The number of aromatic nitrogens is 3. The Morgan fingerprint density at radius 3 is 2.15 bits per heavy atom. The van der Waals surface area contributed by atoms with E-state index < -0.39 is 0 Å². The van der Waals surface area contributed by atoms with Crippen molar-refractivity contribution in [3.8, 4) is 22.4 Å². The van der Waals surface area contributed by atoms with Gasteiger partial charge in [0, 0.05) is 57.2 Å². The quantitative estimate of drug-likeness (QED) is 0.219. The minimum Gasteiger partial charge on any atom is -0.456 e. The number of rotatable bonds is 5. The molecule has 186 valence electrons. The van der Waals surface area contributed by atoms with Crippen LogP contribution in [0.25, 0.3) is 61.0 Å². The van der Waals surface area contributed by atoms with E-state index in [0.717, 1.165) is 78.0 Å². The standard InChI is InChI=1S/C34H23N3O2/c1-3-8-25(33-21(2)24-9-4-6-11-30(24)38-33)28-15-13-22(19-36-28)23-14-16-29(37-20-23)26-17-18-35-32-27-10-5-7-12-31(27)39-34(26)32/h3-20H,1H2,2H3/b25-8-. The predicted octanol–water partition coefficient (Wildman–Crippen LogP) is 8.78. The van der Waals surface area contributed by atoms with Crippen LogP contribution < -0.4 is 0 Å². The third-order valence-electron chi connectivity index (χ3n) is 7.04. The second-order valence-electron chi connectivity index (χ2n) is 9.37. The Hall–Kier alpha value is -5.29. The summed E-state index contributed by atoms with van der Waals surface area (Å²) in [4.78, 5) is 14.1. The first-order valence-electron chi connectivity index (χ1n) is 12.7. The Morgan fingerprint density at radius 2 is 1.46 bits per heavy atom. The number of furan rings is 2. The fourth-order valence-electron chi connectivity index (χ4n) is 5.08. The number of allylic oxidation sites excluding steroid dienone is 2. The molecule has 0 aliphatic rings. The van der Waals surface area contributed by atoms with Crippen LogP contribution in [0.2, 0.25) is 0 Å². The van der Waals surface area contributed by atoms with Crippen molar-refractivity contribution in [2.45, 2.75) is 6.92 Å². The summed E-state index contributed by atoms with van der Waals surface area (Å²) < 4.78 is 12.3. The zero-order chi connectivity index (χ0) is 26.3. The van der Waals surface area contributed by atoms with E-state index in [9.17, 15) is 0 Å². The number of aryl methyl sites for hydroxylation is 1. The highest BCUT2D eigenvalue weighted by atomic mass is 16.3. The molecule has 0 fully saturated rings. The molecule has 0 spiro atoms. The summed E-state index contributed by atoms with van der Waals surface area (Å²) in [6, 6.07) is 26.0. The zero-order valence-corrected chi connectivity index (χ0v) is 21.3. The fraction of sp³-hybridized carbons (Fsp3) is 0.0294. The lowest BCUT2D eigenvalue weighted by atomic mass is 10.0. The van der Waals surface area contributed by atoms with E-state index in [1.807, 2.05) is 79.1 Å². The van der Waals surface area contributed by atoms with Crippen molar-refractivity contribution in [2.75, 3.05) is 0 Å². The predicted molar refractivity (Wildman–Crippen MR) is 156 cm³/mol. The van der Waals surface area contributed by atoms with Gasteiger partial charge in [0.25, 0.3) is 0 Å². The summed E-state index contributed by atoms with van der Waals surface area (Å²) in [5.41, 5.74) is 9.74. The first-order chi connectivity index (χ1) is 19.2. The molecule has 0 amide bonds. The third kappa shape index (κ3) is 3.83. The van der Waals surface area contributed by atoms with E-state index in [2.05, 4.69) is 36.7 Å². The van der Waals surface area contributed by atoms with E-state index in [-0.39, 0.29) is 0 Å². The van der Waals surface area contributed by atoms with Gasteiger partial charge in [0.1, 0.15) is 22.4 Å². The van der Waals surface area contributed by atoms with Crippen LogP contribution in [0.3, 0.4) is 0 Å². The van der Waals surface area contributed by atoms with Crippen molar-refractivity contribution in [3.05, 3.63) is 133 Å². The molecule has 0 saturated heterocycles. The molecular weight excluding hydrogens is 482 g/mol. The molecule has 5 heteroatoms. The molecular formula is C34H23N3O2. The molecule has 0 saturated carbocycles. The van der Waals surface area contributed by atoms with Crippen molar-refractivity contribution < 1.29 is 8.83 Å². The highest BCUT2D eigenvalue weighted by Crippen LogP contribution is 2.35. The molecule has 0 bridgehead atoms. The van der Waals surface area contributed by atoms with Crippen LogP contribution in [0.1, 0.15) is 17.0 Å². The molecule has 0 unspecified atom stereocenters. The first-order valence-corrected chi connectivity index (χ1v) is 12.7. The molecule has 2 aromatic carbocycles. The van der Waals surface area contributed by atoms with Crippen molar-refractivity contribution in [1.29, 1.82) is 0 Å². The SMILES string of the molecule is C=C/C=C(/c1ccc(-c2ccc(-c3ccnc4c3oc3ccccc34)nc2)cn1)c1oc2ccccc2c1C. The summed E-state index contributed by atoms with van der Waals surface area (Å²) in [7, 11) is 0. The molecule has 5 aromatic heterocycles. The lowest BCUT2D eigenvalue weighted by Crippen LogP contribution is -1.93. The minimum atomic E-state index is 0.743. The highest BCUT2D eigenvalue weighted by molar-refractivity contribution is 6.06. The Labute approximate surface area is 224 Å². The maximum Gasteiger partial charge on any atom is 0.163 e. The van der Waals surface area contributed by atoms with Crippen LogP contribution in [-0.4, -0.2) is 15.0 Å². The highest BCUT2D eigenvalue weighted by Gasteiger charge is 2.17. The van der Waals surface area contributed by atoms with Gasteiger partial charge >= 0.3 is 0 Å². The van der Waals surface area contributed by atoms with Crippen LogP contribution in [-0.2, 0) is 0 Å². The van der Waals surface area contributed by atoms with Gasteiger partial charge < -0.3 is 8.83 Å². The van der Waals surface area contributed by atoms with Crippen LogP contribution in [0, 0.1) is 6.92 Å². The Kier molecular flexibility index (Phi) is 5.41. The van der Waals surface area contributed by atoms with Crippen molar-refractivity contribution in [1.82, 2.24) is 15.0 Å². The summed E-state index contributed by atoms with van der Waals surface area (Å²) in [6.45, 7) is 5.97. The summed E-state index contributed by atoms with van der Waals surface area (Å²) in [6.07, 6.45) is 9.24. The molecule has 7 rings (SSSR count). The lowest BCUT2D eigenvalue weighted by Gasteiger charge is -2.08. The number of para-hydroxylation sites is 2. The topological polar surface area (TPSA) is 65.0 Å². The van der Waals surface area contributed by atoms with Gasteiger partial charge in [-0.3, -0.25) is 15.0 Å². The van der Waals surface area contributed by atoms with Gasteiger partial charge in [0.2, 0.25) is 0 Å². The van der Waals surface area contributed by atoms with Gasteiger partial charge in [-0.2, -0.15) is 0 Å². The Balaban J connectivity index is 1.21. The Bertz CT molecular complexity index is 2030. The maximum atomic E-state index is 6.21. The van der Waals surface area contributed by atoms with E-state index in [4.69, 9.17) is 18.8 Å². The minimum absolute atomic E-state index is 0.743. The second-order valence-corrected chi connectivity index (χ2v) is 9.37. The van der Waals surface area contributed by atoms with Gasteiger partial charge in [-0.1, -0.05) is 55.1 Å². The molecule has 0 aliphatic heterocycles. The normalized spacial score (nSPS) is 12.0. The van der Waals surface area contributed by atoms with Gasteiger partial charge in [-0.15, -0.1) is 0 Å². The average Bonchev–Trinajstić information content (AvgIpc) is 3.54. The fourth-order valence-corrected chi connectivity index (χ4v) is 5.08. The number of pyridine rings is 3. The number of hydrogen-bond acceptors (Lipinski definition) is 5. The molecule has 0 aliphatic carbocycles. The van der Waals surface area contributed by atoms with Gasteiger partial charge in [0.05, 0.1) is 11.4 Å².